The molecule has 2 saturated heterocycles. The highest BCUT2D eigenvalue weighted by Crippen LogP contribution is 2.31. The first-order valence-electron chi connectivity index (χ1n) is 7.80. The second kappa shape index (κ2) is 6.98. The lowest BCUT2D eigenvalue weighted by Gasteiger charge is -2.37. The number of piperidine rings is 1. The van der Waals surface area contributed by atoms with E-state index in [4.69, 9.17) is 4.74 Å². The summed E-state index contributed by atoms with van der Waals surface area (Å²) in [6, 6.07) is 0.558. The van der Waals surface area contributed by atoms with Crippen molar-refractivity contribution in [2.75, 3.05) is 39.3 Å². The van der Waals surface area contributed by atoms with Gasteiger partial charge >= 0.3 is 0 Å². The fourth-order valence-corrected chi connectivity index (χ4v) is 4.11. The highest BCUT2D eigenvalue weighted by molar-refractivity contribution is 7.09. The van der Waals surface area contributed by atoms with Gasteiger partial charge < -0.3 is 4.74 Å². The van der Waals surface area contributed by atoms with E-state index < -0.39 is 0 Å². The van der Waals surface area contributed by atoms with Gasteiger partial charge in [-0.2, -0.15) is 0 Å². The highest BCUT2D eigenvalue weighted by Gasteiger charge is 2.26. The van der Waals surface area contributed by atoms with Crippen LogP contribution in [-0.4, -0.2) is 60.2 Å². The van der Waals surface area contributed by atoms with E-state index in [-0.39, 0.29) is 0 Å². The molecule has 0 N–H and O–H groups in total. The first-order valence-corrected chi connectivity index (χ1v) is 8.68. The third kappa shape index (κ3) is 3.58. The predicted molar refractivity (Wildman–Crippen MR) is 82.1 cm³/mol. The summed E-state index contributed by atoms with van der Waals surface area (Å²) in [5, 5.41) is 3.41. The van der Waals surface area contributed by atoms with Crippen LogP contribution in [0.3, 0.4) is 0 Å². The van der Waals surface area contributed by atoms with Crippen molar-refractivity contribution in [2.45, 2.75) is 38.3 Å². The van der Waals surface area contributed by atoms with Gasteiger partial charge in [0.2, 0.25) is 0 Å². The summed E-state index contributed by atoms with van der Waals surface area (Å²) in [4.78, 5) is 9.72. The number of nitrogens with zero attached hydrogens (tertiary/aromatic N) is 3. The third-order valence-electron chi connectivity index (χ3n) is 4.38. The molecule has 0 radical (unpaired) electrons. The molecule has 3 heterocycles. The zero-order chi connectivity index (χ0) is 13.8. The SMILES string of the molecule is CC1CN(CCN2CCCCC2c2nccs2)CCO1. The molecule has 112 valence electrons. The van der Waals surface area contributed by atoms with Crippen molar-refractivity contribution in [1.29, 1.82) is 0 Å². The minimum Gasteiger partial charge on any atom is -0.376 e. The molecule has 20 heavy (non-hydrogen) atoms. The van der Waals surface area contributed by atoms with Crippen molar-refractivity contribution in [1.82, 2.24) is 14.8 Å². The predicted octanol–water partition coefficient (Wildman–Crippen LogP) is 2.39. The highest BCUT2D eigenvalue weighted by atomic mass is 32.1. The van der Waals surface area contributed by atoms with Gasteiger partial charge in [0.05, 0.1) is 18.8 Å². The van der Waals surface area contributed by atoms with Crippen LogP contribution in [0.2, 0.25) is 0 Å². The molecule has 2 aliphatic heterocycles. The van der Waals surface area contributed by atoms with Crippen molar-refractivity contribution in [3.8, 4) is 0 Å². The number of aromatic nitrogens is 1. The van der Waals surface area contributed by atoms with E-state index in [2.05, 4.69) is 27.1 Å². The molecule has 4 nitrogen and oxygen atoms in total. The summed E-state index contributed by atoms with van der Waals surface area (Å²) in [7, 11) is 0. The Morgan fingerprint density at radius 2 is 2.30 bits per heavy atom. The largest absolute Gasteiger partial charge is 0.376 e. The molecule has 0 saturated carbocycles. The van der Waals surface area contributed by atoms with Crippen molar-refractivity contribution in [3.63, 3.8) is 0 Å². The van der Waals surface area contributed by atoms with Crippen molar-refractivity contribution in [2.24, 2.45) is 0 Å². The molecule has 1 aromatic heterocycles. The number of likely N-dealkylation sites (tertiary alicyclic amines) is 1. The molecule has 0 aromatic carbocycles. The zero-order valence-electron chi connectivity index (χ0n) is 12.3. The van der Waals surface area contributed by atoms with Gasteiger partial charge in [0.25, 0.3) is 0 Å². The molecule has 2 atom stereocenters. The van der Waals surface area contributed by atoms with Crippen LogP contribution in [0.4, 0.5) is 0 Å². The molecule has 0 aliphatic carbocycles. The number of ether oxygens (including phenoxy) is 1. The van der Waals surface area contributed by atoms with Crippen molar-refractivity contribution < 1.29 is 4.74 Å². The van der Waals surface area contributed by atoms with E-state index >= 15 is 0 Å². The van der Waals surface area contributed by atoms with Gasteiger partial charge in [0.1, 0.15) is 5.01 Å². The van der Waals surface area contributed by atoms with Gasteiger partial charge in [0, 0.05) is 37.8 Å². The van der Waals surface area contributed by atoms with Gasteiger partial charge in [0.15, 0.2) is 0 Å². The Balaban J connectivity index is 1.54. The molecule has 0 amide bonds. The van der Waals surface area contributed by atoms with Crippen LogP contribution in [0, 0.1) is 0 Å². The van der Waals surface area contributed by atoms with E-state index in [1.807, 2.05) is 17.5 Å². The molecule has 2 unspecified atom stereocenters. The average molecular weight is 295 g/mol. The smallest absolute Gasteiger partial charge is 0.110 e. The maximum absolute atomic E-state index is 5.62. The van der Waals surface area contributed by atoms with Gasteiger partial charge in [-0.25, -0.2) is 4.98 Å². The summed E-state index contributed by atoms with van der Waals surface area (Å²) < 4.78 is 5.62. The van der Waals surface area contributed by atoms with Crippen LogP contribution in [0.25, 0.3) is 0 Å². The fraction of sp³-hybridized carbons (Fsp3) is 0.800. The minimum atomic E-state index is 0.389. The first-order chi connectivity index (χ1) is 9.83. The Labute approximate surface area is 125 Å². The summed E-state index contributed by atoms with van der Waals surface area (Å²) >= 11 is 1.81. The maximum Gasteiger partial charge on any atom is 0.110 e. The third-order valence-corrected chi connectivity index (χ3v) is 5.26. The number of morpholine rings is 1. The molecule has 0 bridgehead atoms. The Morgan fingerprint density at radius 1 is 1.35 bits per heavy atom. The van der Waals surface area contributed by atoms with Gasteiger partial charge in [-0.05, 0) is 26.3 Å². The van der Waals surface area contributed by atoms with Crippen LogP contribution in [0.1, 0.15) is 37.2 Å². The lowest BCUT2D eigenvalue weighted by Crippen LogP contribution is -2.45. The topological polar surface area (TPSA) is 28.6 Å². The summed E-state index contributed by atoms with van der Waals surface area (Å²) in [5.74, 6) is 0. The molecular weight excluding hydrogens is 270 g/mol. The maximum atomic E-state index is 5.62. The molecule has 3 rings (SSSR count). The van der Waals surface area contributed by atoms with Crippen LogP contribution in [0.5, 0.6) is 0 Å². The molecule has 2 fully saturated rings. The Kier molecular flexibility index (Phi) is 5.04. The van der Waals surface area contributed by atoms with E-state index in [1.165, 1.54) is 30.8 Å². The van der Waals surface area contributed by atoms with Crippen LogP contribution < -0.4 is 0 Å². The van der Waals surface area contributed by atoms with Gasteiger partial charge in [-0.3, -0.25) is 9.80 Å². The molecule has 1 aromatic rings. The van der Waals surface area contributed by atoms with Crippen molar-refractivity contribution >= 4 is 11.3 Å². The number of hydrogen-bond donors (Lipinski definition) is 0. The fourth-order valence-electron chi connectivity index (χ4n) is 3.30. The van der Waals surface area contributed by atoms with Gasteiger partial charge in [-0.1, -0.05) is 6.42 Å². The molecule has 5 heteroatoms. The Hall–Kier alpha value is -0.490. The van der Waals surface area contributed by atoms with Crippen LogP contribution in [-0.2, 0) is 4.74 Å². The van der Waals surface area contributed by atoms with Crippen LogP contribution in [0.15, 0.2) is 11.6 Å². The number of rotatable bonds is 4. The zero-order valence-corrected chi connectivity index (χ0v) is 13.1. The van der Waals surface area contributed by atoms with E-state index in [9.17, 15) is 0 Å². The first kappa shape index (κ1) is 14.4. The molecular formula is C15H25N3OS. The number of hydrogen-bond acceptors (Lipinski definition) is 5. The second-order valence-corrected chi connectivity index (χ2v) is 6.83. The van der Waals surface area contributed by atoms with E-state index in [0.717, 1.165) is 32.8 Å². The second-order valence-electron chi connectivity index (χ2n) is 5.90. The Morgan fingerprint density at radius 3 is 3.10 bits per heavy atom. The summed E-state index contributed by atoms with van der Waals surface area (Å²) in [6.45, 7) is 8.77. The molecule has 0 spiro atoms. The van der Waals surface area contributed by atoms with E-state index in [1.54, 1.807) is 0 Å². The Bertz CT molecular complexity index is 398. The van der Waals surface area contributed by atoms with Crippen molar-refractivity contribution in [3.05, 3.63) is 16.6 Å². The average Bonchev–Trinajstić information content (AvgIpc) is 3.00. The quantitative estimate of drug-likeness (QED) is 0.853. The molecule has 2 aliphatic rings. The normalized spacial score (nSPS) is 29.6. The monoisotopic (exact) mass is 295 g/mol. The van der Waals surface area contributed by atoms with Crippen LogP contribution >= 0.6 is 11.3 Å². The standard InChI is InChI=1S/C15H25N3OS/c1-13-12-17(9-10-19-13)7-8-18-6-3-2-4-14(18)15-16-5-11-20-15/h5,11,13-14H,2-4,6-10,12H2,1H3. The number of thiazole rings is 1. The summed E-state index contributed by atoms with van der Waals surface area (Å²) in [5.41, 5.74) is 0. The summed E-state index contributed by atoms with van der Waals surface area (Å²) in [6.07, 6.45) is 6.28. The minimum absolute atomic E-state index is 0.389. The lowest BCUT2D eigenvalue weighted by molar-refractivity contribution is -0.0228. The van der Waals surface area contributed by atoms with E-state index in [0.29, 0.717) is 12.1 Å². The van der Waals surface area contributed by atoms with Gasteiger partial charge in [-0.15, -0.1) is 11.3 Å². The lowest BCUT2D eigenvalue weighted by atomic mass is 10.0.